The number of ether oxygens (including phenoxy) is 1. The highest BCUT2D eigenvalue weighted by molar-refractivity contribution is 7.98. The van der Waals surface area contributed by atoms with Gasteiger partial charge in [0.15, 0.2) is 4.87 Å². The molecule has 7 heteroatoms. The smallest absolute Gasteiger partial charge is 0.409 e. The van der Waals surface area contributed by atoms with E-state index in [0.29, 0.717) is 5.70 Å². The quantitative estimate of drug-likeness (QED) is 0.465. The summed E-state index contributed by atoms with van der Waals surface area (Å²) in [4.78, 5) is 10.8. The molecular formula is C16H28N3O3S+. The Balaban J connectivity index is 2.33. The highest BCUT2D eigenvalue weighted by Crippen LogP contribution is 2.49. The number of quaternary nitrogens is 1. The second-order valence-electron chi connectivity index (χ2n) is 7.01. The number of carbonyl (C=O) groups is 1. The molecule has 0 bridgehead atoms. The topological polar surface area (TPSA) is 61.8 Å². The van der Waals surface area contributed by atoms with E-state index in [0.717, 1.165) is 30.8 Å². The normalized spacial score (nSPS) is 29.7. The Bertz CT molecular complexity index is 521. The zero-order valence-electron chi connectivity index (χ0n) is 14.6. The summed E-state index contributed by atoms with van der Waals surface area (Å²) in [6.45, 7) is 7.62. The van der Waals surface area contributed by atoms with Gasteiger partial charge >= 0.3 is 6.09 Å². The van der Waals surface area contributed by atoms with Crippen molar-refractivity contribution < 1.29 is 19.1 Å². The van der Waals surface area contributed by atoms with E-state index < -0.39 is 6.09 Å². The molecule has 2 N–H and O–H groups in total. The molecule has 1 fully saturated rings. The van der Waals surface area contributed by atoms with Crippen molar-refractivity contribution in [3.05, 3.63) is 23.4 Å². The summed E-state index contributed by atoms with van der Waals surface area (Å²) in [5.74, 6) is 0.183. The lowest BCUT2D eigenvalue weighted by Gasteiger charge is -2.52. The maximum atomic E-state index is 10.9. The van der Waals surface area contributed by atoms with Crippen LogP contribution in [0.25, 0.3) is 0 Å². The molecule has 2 unspecified atom stereocenters. The molecular weight excluding hydrogens is 314 g/mol. The number of rotatable bonds is 4. The van der Waals surface area contributed by atoms with Crippen LogP contribution in [-0.4, -0.2) is 72.3 Å². The van der Waals surface area contributed by atoms with Crippen molar-refractivity contribution in [3.8, 4) is 0 Å². The molecule has 0 saturated carbocycles. The van der Waals surface area contributed by atoms with Crippen molar-refractivity contribution in [2.75, 3.05) is 47.4 Å². The van der Waals surface area contributed by atoms with Gasteiger partial charge in [-0.05, 0) is 24.9 Å². The van der Waals surface area contributed by atoms with Crippen molar-refractivity contribution >= 4 is 18.0 Å². The SMILES string of the molecule is CC1=CC(NC(=O)O)=CC(C)C1(SN1CCOCC1)[N+](C)(C)C. The van der Waals surface area contributed by atoms with E-state index in [1.807, 2.05) is 24.1 Å². The maximum absolute atomic E-state index is 10.9. The molecule has 1 amide bonds. The van der Waals surface area contributed by atoms with Crippen molar-refractivity contribution in [3.63, 3.8) is 0 Å². The Labute approximate surface area is 142 Å². The fourth-order valence-corrected chi connectivity index (χ4v) is 4.99. The van der Waals surface area contributed by atoms with Crippen LogP contribution in [0.15, 0.2) is 23.4 Å². The molecule has 1 saturated heterocycles. The minimum Gasteiger partial charge on any atom is -0.465 e. The van der Waals surface area contributed by atoms with Gasteiger partial charge in [0.2, 0.25) is 0 Å². The van der Waals surface area contributed by atoms with Crippen LogP contribution in [0, 0.1) is 5.92 Å². The maximum Gasteiger partial charge on any atom is 0.409 e. The summed E-state index contributed by atoms with van der Waals surface area (Å²) in [6.07, 6.45) is 2.97. The molecule has 0 aromatic rings. The summed E-state index contributed by atoms with van der Waals surface area (Å²) < 4.78 is 8.60. The van der Waals surface area contributed by atoms with Crippen LogP contribution < -0.4 is 5.32 Å². The van der Waals surface area contributed by atoms with E-state index in [-0.39, 0.29) is 10.8 Å². The number of allylic oxidation sites excluding steroid dienone is 1. The average Bonchev–Trinajstić information content (AvgIpc) is 2.42. The first kappa shape index (κ1) is 18.3. The molecule has 0 spiro atoms. The van der Waals surface area contributed by atoms with Gasteiger partial charge in [-0.3, -0.25) is 5.32 Å². The number of nitrogens with zero attached hydrogens (tertiary/aromatic N) is 2. The lowest BCUT2D eigenvalue weighted by Crippen LogP contribution is -2.61. The van der Waals surface area contributed by atoms with Gasteiger partial charge in [-0.25, -0.2) is 9.10 Å². The number of hydrogen-bond donors (Lipinski definition) is 2. The number of likely N-dealkylation sites (N-methyl/N-ethyl adjacent to an activating group) is 1. The largest absolute Gasteiger partial charge is 0.465 e. The number of hydrogen-bond acceptors (Lipinski definition) is 4. The zero-order chi connectivity index (χ0) is 17.3. The van der Waals surface area contributed by atoms with Crippen LogP contribution in [0.1, 0.15) is 13.8 Å². The van der Waals surface area contributed by atoms with Gasteiger partial charge in [0.25, 0.3) is 0 Å². The molecule has 2 aliphatic rings. The van der Waals surface area contributed by atoms with Gasteiger partial charge in [-0.1, -0.05) is 13.0 Å². The van der Waals surface area contributed by atoms with Crippen LogP contribution >= 0.6 is 11.9 Å². The predicted molar refractivity (Wildman–Crippen MR) is 92.9 cm³/mol. The molecule has 0 radical (unpaired) electrons. The fourth-order valence-electron chi connectivity index (χ4n) is 3.58. The van der Waals surface area contributed by atoms with Gasteiger partial charge in [-0.2, -0.15) is 0 Å². The highest BCUT2D eigenvalue weighted by atomic mass is 32.2. The second-order valence-corrected chi connectivity index (χ2v) is 8.33. The van der Waals surface area contributed by atoms with Gasteiger partial charge < -0.3 is 14.3 Å². The number of carboxylic acid groups (broad SMARTS) is 1. The molecule has 0 aromatic carbocycles. The van der Waals surface area contributed by atoms with E-state index >= 15 is 0 Å². The summed E-state index contributed by atoms with van der Waals surface area (Å²) in [6, 6.07) is 0. The Morgan fingerprint density at radius 3 is 2.52 bits per heavy atom. The first-order chi connectivity index (χ1) is 10.7. The van der Waals surface area contributed by atoms with E-state index in [2.05, 4.69) is 44.6 Å². The van der Waals surface area contributed by atoms with Crippen molar-refractivity contribution in [2.45, 2.75) is 18.7 Å². The first-order valence-corrected chi connectivity index (χ1v) is 8.68. The molecule has 2 atom stereocenters. The van der Waals surface area contributed by atoms with Gasteiger partial charge in [0, 0.05) is 30.3 Å². The lowest BCUT2D eigenvalue weighted by molar-refractivity contribution is -0.903. The molecule has 1 heterocycles. The molecule has 1 aliphatic heterocycles. The van der Waals surface area contributed by atoms with Gasteiger partial charge in [0.05, 0.1) is 34.4 Å². The van der Waals surface area contributed by atoms with E-state index in [4.69, 9.17) is 9.84 Å². The third-order valence-electron chi connectivity index (χ3n) is 4.47. The van der Waals surface area contributed by atoms with Crippen molar-refractivity contribution in [2.24, 2.45) is 5.92 Å². The summed E-state index contributed by atoms with van der Waals surface area (Å²) in [5, 5.41) is 11.5. The van der Waals surface area contributed by atoms with Crippen LogP contribution in [0.5, 0.6) is 0 Å². The number of nitrogens with one attached hydrogen (secondary N) is 1. The van der Waals surface area contributed by atoms with Gasteiger partial charge in [0.1, 0.15) is 0 Å². The fraction of sp³-hybridized carbons (Fsp3) is 0.688. The molecule has 0 aromatic heterocycles. The molecule has 130 valence electrons. The Morgan fingerprint density at radius 2 is 2.04 bits per heavy atom. The highest BCUT2D eigenvalue weighted by Gasteiger charge is 2.52. The second kappa shape index (κ2) is 6.84. The Hall–Kier alpha value is -1.02. The van der Waals surface area contributed by atoms with E-state index in [1.165, 1.54) is 5.57 Å². The Kier molecular flexibility index (Phi) is 5.45. The Morgan fingerprint density at radius 1 is 1.43 bits per heavy atom. The van der Waals surface area contributed by atoms with Crippen LogP contribution in [0.2, 0.25) is 0 Å². The van der Waals surface area contributed by atoms with Crippen LogP contribution in [0.4, 0.5) is 4.79 Å². The predicted octanol–water partition coefficient (Wildman–Crippen LogP) is 2.12. The van der Waals surface area contributed by atoms with Crippen molar-refractivity contribution in [1.29, 1.82) is 0 Å². The summed E-state index contributed by atoms with van der Waals surface area (Å²) in [7, 11) is 6.60. The average molecular weight is 342 g/mol. The van der Waals surface area contributed by atoms with E-state index in [9.17, 15) is 4.79 Å². The number of amides is 1. The lowest BCUT2D eigenvalue weighted by atomic mass is 9.86. The van der Waals surface area contributed by atoms with Gasteiger partial charge in [-0.15, -0.1) is 0 Å². The third kappa shape index (κ3) is 3.74. The summed E-state index contributed by atoms with van der Waals surface area (Å²) >= 11 is 1.87. The zero-order valence-corrected chi connectivity index (χ0v) is 15.4. The molecule has 6 nitrogen and oxygen atoms in total. The molecule has 2 rings (SSSR count). The number of morpholine rings is 1. The molecule has 1 aliphatic carbocycles. The van der Waals surface area contributed by atoms with Crippen molar-refractivity contribution in [1.82, 2.24) is 9.62 Å². The molecule has 23 heavy (non-hydrogen) atoms. The standard InChI is InChI=1S/C16H27N3O3S/c1-12-10-14(17-15(20)21)11-13(2)16(12,19(3,4)5)23-18-6-8-22-9-7-18/h10-12,17H,6-9H2,1-5H3/p+1. The summed E-state index contributed by atoms with van der Waals surface area (Å²) in [5.41, 5.74) is 1.84. The monoisotopic (exact) mass is 342 g/mol. The van der Waals surface area contributed by atoms with Crippen LogP contribution in [0.3, 0.4) is 0 Å². The third-order valence-corrected chi connectivity index (χ3v) is 6.61. The minimum absolute atomic E-state index is 0.166. The minimum atomic E-state index is -1.02. The first-order valence-electron chi connectivity index (χ1n) is 7.90. The van der Waals surface area contributed by atoms with E-state index in [1.54, 1.807) is 0 Å². The van der Waals surface area contributed by atoms with Crippen LogP contribution in [-0.2, 0) is 4.74 Å².